The molecule has 80 valence electrons. The first-order valence-corrected chi connectivity index (χ1v) is 4.52. The lowest BCUT2D eigenvalue weighted by molar-refractivity contribution is -0.275. The Balaban J connectivity index is 3.23. The van der Waals surface area contributed by atoms with E-state index in [1.165, 1.54) is 6.07 Å². The van der Waals surface area contributed by atoms with Crippen LogP contribution in [0.3, 0.4) is 0 Å². The summed E-state index contributed by atoms with van der Waals surface area (Å²) >= 11 is 8.23. The van der Waals surface area contributed by atoms with Gasteiger partial charge in [-0.2, -0.15) is 5.26 Å². The first-order chi connectivity index (χ1) is 6.83. The number of nitrogens with zero attached hydrogens (tertiary/aromatic N) is 2. The molecule has 0 atom stereocenters. The summed E-state index contributed by atoms with van der Waals surface area (Å²) in [5.41, 5.74) is -0.535. The Morgan fingerprint density at radius 2 is 2.13 bits per heavy atom. The van der Waals surface area contributed by atoms with Gasteiger partial charge >= 0.3 is 6.36 Å². The first kappa shape index (κ1) is 12.1. The van der Waals surface area contributed by atoms with Crippen LogP contribution in [0.15, 0.2) is 10.5 Å². The van der Waals surface area contributed by atoms with Gasteiger partial charge < -0.3 is 4.74 Å². The molecule has 0 bridgehead atoms. The summed E-state index contributed by atoms with van der Waals surface area (Å²) in [6.07, 6.45) is -4.89. The summed E-state index contributed by atoms with van der Waals surface area (Å²) in [4.78, 5) is 3.39. The van der Waals surface area contributed by atoms with E-state index >= 15 is 0 Å². The molecule has 0 N–H and O–H groups in total. The number of nitriles is 1. The van der Waals surface area contributed by atoms with Crippen molar-refractivity contribution >= 4 is 27.5 Å². The maximum Gasteiger partial charge on any atom is 0.573 e. The third-order valence-corrected chi connectivity index (χ3v) is 2.00. The largest absolute Gasteiger partial charge is 0.573 e. The highest BCUT2D eigenvalue weighted by molar-refractivity contribution is 9.10. The van der Waals surface area contributed by atoms with E-state index < -0.39 is 17.8 Å². The number of halogens is 5. The second kappa shape index (κ2) is 4.24. The molecule has 0 aliphatic heterocycles. The van der Waals surface area contributed by atoms with Gasteiger partial charge in [0.1, 0.15) is 11.2 Å². The molecule has 0 unspecified atom stereocenters. The molecule has 8 heteroatoms. The summed E-state index contributed by atoms with van der Waals surface area (Å²) in [5.74, 6) is -0.700. The van der Waals surface area contributed by atoms with E-state index in [2.05, 4.69) is 25.7 Å². The summed E-state index contributed by atoms with van der Waals surface area (Å²) in [5, 5.41) is 8.42. The van der Waals surface area contributed by atoms with Crippen LogP contribution < -0.4 is 4.74 Å². The standard InChI is InChI=1S/C7HBrClF3N2O/c8-3-1-5(9)14-4(2-13)6(3)15-7(10,11)12/h1H. The van der Waals surface area contributed by atoms with E-state index in [4.69, 9.17) is 16.9 Å². The number of hydrogen-bond donors (Lipinski definition) is 0. The zero-order chi connectivity index (χ0) is 11.6. The third-order valence-electron chi connectivity index (χ3n) is 1.22. The Kier molecular flexibility index (Phi) is 3.42. The van der Waals surface area contributed by atoms with E-state index in [1.807, 2.05) is 0 Å². The third kappa shape index (κ3) is 3.25. The summed E-state index contributed by atoms with van der Waals surface area (Å²) in [7, 11) is 0. The van der Waals surface area contributed by atoms with Gasteiger partial charge in [0, 0.05) is 0 Å². The SMILES string of the molecule is N#Cc1nc(Cl)cc(Br)c1OC(F)(F)F. The average Bonchev–Trinajstić information content (AvgIpc) is 2.07. The Morgan fingerprint density at radius 3 is 2.60 bits per heavy atom. The lowest BCUT2D eigenvalue weighted by Gasteiger charge is -2.11. The van der Waals surface area contributed by atoms with Crippen molar-refractivity contribution in [2.24, 2.45) is 0 Å². The van der Waals surface area contributed by atoms with Gasteiger partial charge in [0.25, 0.3) is 0 Å². The minimum absolute atomic E-state index is 0.0867. The maximum atomic E-state index is 11.9. The Hall–Kier alpha value is -1.00. The van der Waals surface area contributed by atoms with Crippen molar-refractivity contribution in [3.05, 3.63) is 21.4 Å². The molecule has 0 amide bonds. The molecule has 0 aromatic carbocycles. The molecule has 1 rings (SSSR count). The van der Waals surface area contributed by atoms with Crippen LogP contribution in [0.1, 0.15) is 5.69 Å². The van der Waals surface area contributed by atoms with Crippen LogP contribution in [0.25, 0.3) is 0 Å². The molecule has 0 spiro atoms. The first-order valence-electron chi connectivity index (χ1n) is 3.35. The zero-order valence-corrected chi connectivity index (χ0v) is 9.11. The molecule has 1 aromatic rings. The van der Waals surface area contributed by atoms with E-state index in [1.54, 1.807) is 0 Å². The minimum Gasteiger partial charge on any atom is -0.401 e. The van der Waals surface area contributed by atoms with E-state index in [-0.39, 0.29) is 9.63 Å². The van der Waals surface area contributed by atoms with Crippen molar-refractivity contribution in [3.8, 4) is 11.8 Å². The van der Waals surface area contributed by atoms with Gasteiger partial charge in [-0.25, -0.2) is 4.98 Å². The van der Waals surface area contributed by atoms with Crippen molar-refractivity contribution in [2.45, 2.75) is 6.36 Å². The van der Waals surface area contributed by atoms with Crippen LogP contribution in [-0.2, 0) is 0 Å². The van der Waals surface area contributed by atoms with Crippen molar-refractivity contribution in [2.75, 3.05) is 0 Å². The van der Waals surface area contributed by atoms with Crippen molar-refractivity contribution in [1.29, 1.82) is 5.26 Å². The van der Waals surface area contributed by atoms with Gasteiger partial charge in [0.15, 0.2) is 11.4 Å². The molecule has 3 nitrogen and oxygen atoms in total. The van der Waals surface area contributed by atoms with Crippen LogP contribution >= 0.6 is 27.5 Å². The van der Waals surface area contributed by atoms with Crippen LogP contribution in [0.4, 0.5) is 13.2 Å². The number of ether oxygens (including phenoxy) is 1. The Morgan fingerprint density at radius 1 is 1.53 bits per heavy atom. The Labute approximate surface area is 95.6 Å². The zero-order valence-electron chi connectivity index (χ0n) is 6.77. The van der Waals surface area contributed by atoms with Gasteiger partial charge in [-0.05, 0) is 22.0 Å². The minimum atomic E-state index is -4.89. The molecule has 0 radical (unpaired) electrons. The molecule has 0 aliphatic rings. The molecule has 1 aromatic heterocycles. The Bertz CT molecular complexity index is 429. The van der Waals surface area contributed by atoms with Crippen LogP contribution in [0.5, 0.6) is 5.75 Å². The van der Waals surface area contributed by atoms with Crippen LogP contribution in [-0.4, -0.2) is 11.3 Å². The van der Waals surface area contributed by atoms with E-state index in [9.17, 15) is 13.2 Å². The number of alkyl halides is 3. The van der Waals surface area contributed by atoms with Gasteiger partial charge in [-0.3, -0.25) is 0 Å². The maximum absolute atomic E-state index is 11.9. The van der Waals surface area contributed by atoms with Crippen molar-refractivity contribution in [1.82, 2.24) is 4.98 Å². The van der Waals surface area contributed by atoms with Gasteiger partial charge in [-0.1, -0.05) is 11.6 Å². The number of pyridine rings is 1. The normalized spacial score (nSPS) is 10.9. The second-order valence-electron chi connectivity index (χ2n) is 2.26. The van der Waals surface area contributed by atoms with E-state index in [0.29, 0.717) is 0 Å². The predicted octanol–water partition coefficient (Wildman–Crippen LogP) is 3.27. The van der Waals surface area contributed by atoms with Crippen LogP contribution in [0, 0.1) is 11.3 Å². The molecular formula is C7HBrClF3N2O. The molecule has 1 heterocycles. The summed E-state index contributed by atoms with van der Waals surface area (Å²) < 4.78 is 39.3. The quantitative estimate of drug-likeness (QED) is 0.748. The lowest BCUT2D eigenvalue weighted by Crippen LogP contribution is -2.18. The summed E-state index contributed by atoms with van der Waals surface area (Å²) in [6.45, 7) is 0. The monoisotopic (exact) mass is 300 g/mol. The van der Waals surface area contributed by atoms with Gasteiger partial charge in [0.05, 0.1) is 4.47 Å². The molecule has 0 aliphatic carbocycles. The van der Waals surface area contributed by atoms with E-state index in [0.717, 1.165) is 6.07 Å². The molecule has 0 saturated carbocycles. The second-order valence-corrected chi connectivity index (χ2v) is 3.51. The lowest BCUT2D eigenvalue weighted by atomic mass is 10.3. The van der Waals surface area contributed by atoms with Gasteiger partial charge in [-0.15, -0.1) is 13.2 Å². The molecule has 0 fully saturated rings. The smallest absolute Gasteiger partial charge is 0.401 e. The molecule has 0 saturated heterocycles. The highest BCUT2D eigenvalue weighted by atomic mass is 79.9. The van der Waals surface area contributed by atoms with Crippen molar-refractivity contribution in [3.63, 3.8) is 0 Å². The number of hydrogen-bond acceptors (Lipinski definition) is 3. The number of aromatic nitrogens is 1. The fourth-order valence-corrected chi connectivity index (χ4v) is 1.57. The predicted molar refractivity (Wildman–Crippen MR) is 48.3 cm³/mol. The van der Waals surface area contributed by atoms with Crippen molar-refractivity contribution < 1.29 is 17.9 Å². The molecule has 15 heavy (non-hydrogen) atoms. The fourth-order valence-electron chi connectivity index (χ4n) is 0.762. The highest BCUT2D eigenvalue weighted by Crippen LogP contribution is 2.34. The highest BCUT2D eigenvalue weighted by Gasteiger charge is 2.33. The topological polar surface area (TPSA) is 45.9 Å². The van der Waals surface area contributed by atoms with Crippen LogP contribution in [0.2, 0.25) is 5.15 Å². The van der Waals surface area contributed by atoms with Gasteiger partial charge in [0.2, 0.25) is 0 Å². The molecular weight excluding hydrogens is 300 g/mol. The average molecular weight is 301 g/mol. The fraction of sp³-hybridized carbons (Fsp3) is 0.143. The summed E-state index contributed by atoms with van der Waals surface area (Å²) in [6, 6.07) is 2.55. The number of rotatable bonds is 1.